The zero-order chi connectivity index (χ0) is 25.8. The number of piperidine rings is 3. The number of hydrogen-bond acceptors (Lipinski definition) is 3. The SMILES string of the molecule is C=CC1CN2CC(c3ccc4c(CCl)c5ccccc5cc4c3)C1CC2C(O)c1ccnc2ccccc12. The van der Waals surface area contributed by atoms with Crippen LogP contribution in [0.25, 0.3) is 32.4 Å². The van der Waals surface area contributed by atoms with Gasteiger partial charge >= 0.3 is 0 Å². The van der Waals surface area contributed by atoms with E-state index in [-0.39, 0.29) is 6.04 Å². The fraction of sp³-hybridized carbons (Fsp3) is 0.265. The van der Waals surface area contributed by atoms with Crippen molar-refractivity contribution in [2.75, 3.05) is 13.1 Å². The highest BCUT2D eigenvalue weighted by Crippen LogP contribution is 2.49. The molecule has 190 valence electrons. The van der Waals surface area contributed by atoms with E-state index in [1.54, 1.807) is 0 Å². The van der Waals surface area contributed by atoms with Crippen LogP contribution in [0, 0.1) is 11.8 Å². The summed E-state index contributed by atoms with van der Waals surface area (Å²) < 4.78 is 0. The molecule has 3 aliphatic heterocycles. The van der Waals surface area contributed by atoms with Gasteiger partial charge in [-0.05, 0) is 74.7 Å². The van der Waals surface area contributed by atoms with Crippen molar-refractivity contribution < 1.29 is 5.11 Å². The Bertz CT molecular complexity index is 1680. The summed E-state index contributed by atoms with van der Waals surface area (Å²) in [4.78, 5) is 7.01. The number of nitrogens with zero attached hydrogens (tertiary/aromatic N) is 2. The maximum atomic E-state index is 11.7. The molecule has 3 fully saturated rings. The third-order valence-corrected chi connectivity index (χ3v) is 9.42. The first-order chi connectivity index (χ1) is 18.7. The number of aromatic nitrogens is 1. The quantitative estimate of drug-likeness (QED) is 0.148. The lowest BCUT2D eigenvalue weighted by Crippen LogP contribution is -2.58. The van der Waals surface area contributed by atoms with Gasteiger partial charge in [0.2, 0.25) is 0 Å². The van der Waals surface area contributed by atoms with Crippen molar-refractivity contribution in [2.24, 2.45) is 11.8 Å². The predicted octanol–water partition coefficient (Wildman–Crippen LogP) is 7.60. The monoisotopic (exact) mass is 518 g/mol. The Morgan fingerprint density at radius 3 is 2.55 bits per heavy atom. The lowest BCUT2D eigenvalue weighted by Gasteiger charge is -2.54. The Morgan fingerprint density at radius 2 is 1.74 bits per heavy atom. The average molecular weight is 519 g/mol. The van der Waals surface area contributed by atoms with Crippen molar-refractivity contribution in [1.82, 2.24) is 9.88 Å². The molecule has 0 amide bonds. The summed E-state index contributed by atoms with van der Waals surface area (Å²) in [6.07, 6.45) is 4.35. The number of halogens is 1. The van der Waals surface area contributed by atoms with Gasteiger partial charge in [0.05, 0.1) is 11.6 Å². The zero-order valence-corrected chi connectivity index (χ0v) is 22.1. The number of fused-ring (bicyclic) bond motifs is 6. The van der Waals surface area contributed by atoms with Gasteiger partial charge in [0.25, 0.3) is 0 Å². The molecule has 4 heteroatoms. The van der Waals surface area contributed by atoms with E-state index >= 15 is 0 Å². The summed E-state index contributed by atoms with van der Waals surface area (Å²) in [5.74, 6) is 1.76. The van der Waals surface area contributed by atoms with Crippen molar-refractivity contribution >= 4 is 44.0 Å². The molecule has 0 saturated carbocycles. The van der Waals surface area contributed by atoms with Crippen LogP contribution in [0.15, 0.2) is 97.7 Å². The standard InChI is InChI=1S/C34H31ClN2O/c1-2-21-19-37-20-31(23-11-12-26-24(16-23)15-22-7-3-4-8-25(22)30(26)18-35)29(21)17-33(37)34(38)28-13-14-36-32-10-6-5-9-27(28)32/h2-16,21,29,31,33-34,38H,1,17-20H2. The van der Waals surface area contributed by atoms with Crippen LogP contribution in [0.5, 0.6) is 0 Å². The first kappa shape index (κ1) is 23.8. The van der Waals surface area contributed by atoms with Gasteiger partial charge in [-0.3, -0.25) is 9.88 Å². The van der Waals surface area contributed by atoms with Crippen LogP contribution in [-0.2, 0) is 5.88 Å². The van der Waals surface area contributed by atoms with E-state index < -0.39 is 6.10 Å². The van der Waals surface area contributed by atoms with E-state index in [4.69, 9.17) is 11.6 Å². The number of pyridine rings is 1. The smallest absolute Gasteiger partial charge is 0.0952 e. The molecule has 2 bridgehead atoms. The van der Waals surface area contributed by atoms with Gasteiger partial charge in [0, 0.05) is 42.5 Å². The van der Waals surface area contributed by atoms with Crippen LogP contribution in [0.2, 0.25) is 0 Å². The van der Waals surface area contributed by atoms with Crippen molar-refractivity contribution in [3.63, 3.8) is 0 Å². The van der Waals surface area contributed by atoms with E-state index in [1.165, 1.54) is 32.7 Å². The Kier molecular flexibility index (Phi) is 5.96. The third kappa shape index (κ3) is 3.76. The van der Waals surface area contributed by atoms with Crippen LogP contribution in [0.1, 0.15) is 35.1 Å². The van der Waals surface area contributed by atoms with Gasteiger partial charge in [-0.1, -0.05) is 66.7 Å². The molecule has 4 heterocycles. The average Bonchev–Trinajstić information content (AvgIpc) is 2.98. The molecule has 0 radical (unpaired) electrons. The molecular formula is C34H31ClN2O. The Balaban J connectivity index is 1.24. The van der Waals surface area contributed by atoms with Crippen LogP contribution in [0.4, 0.5) is 0 Å². The highest BCUT2D eigenvalue weighted by molar-refractivity contribution is 6.20. The normalized spacial score (nSPS) is 25.7. The molecule has 3 aliphatic rings. The highest BCUT2D eigenvalue weighted by Gasteiger charge is 2.47. The summed E-state index contributed by atoms with van der Waals surface area (Å²) in [6, 6.07) is 28.0. The molecule has 38 heavy (non-hydrogen) atoms. The van der Waals surface area contributed by atoms with E-state index in [2.05, 4.69) is 77.1 Å². The molecule has 3 saturated heterocycles. The minimum absolute atomic E-state index is 0.0884. The van der Waals surface area contributed by atoms with Crippen LogP contribution in [0.3, 0.4) is 0 Å². The predicted molar refractivity (Wildman–Crippen MR) is 158 cm³/mol. The second kappa shape index (κ2) is 9.50. The molecule has 8 rings (SSSR count). The Labute approximate surface area is 228 Å². The Morgan fingerprint density at radius 1 is 0.947 bits per heavy atom. The first-order valence-corrected chi connectivity index (χ1v) is 14.1. The summed E-state index contributed by atoms with van der Waals surface area (Å²) in [7, 11) is 0. The number of rotatable bonds is 5. The fourth-order valence-corrected chi connectivity index (χ4v) is 7.57. The van der Waals surface area contributed by atoms with E-state index in [0.29, 0.717) is 23.6 Å². The van der Waals surface area contributed by atoms with Gasteiger partial charge in [-0.2, -0.15) is 0 Å². The van der Waals surface area contributed by atoms with Crippen LogP contribution >= 0.6 is 11.6 Å². The molecular weight excluding hydrogens is 488 g/mol. The topological polar surface area (TPSA) is 36.4 Å². The maximum Gasteiger partial charge on any atom is 0.0952 e. The molecule has 1 aromatic heterocycles. The summed E-state index contributed by atoms with van der Waals surface area (Å²) in [5.41, 5.74) is 4.49. The minimum atomic E-state index is -0.550. The van der Waals surface area contributed by atoms with Gasteiger partial charge < -0.3 is 5.11 Å². The van der Waals surface area contributed by atoms with E-state index in [0.717, 1.165) is 36.0 Å². The van der Waals surface area contributed by atoms with Crippen LogP contribution in [-0.4, -0.2) is 34.1 Å². The number of benzene rings is 4. The van der Waals surface area contributed by atoms with Crippen molar-refractivity contribution in [1.29, 1.82) is 0 Å². The number of alkyl halides is 1. The molecule has 4 aromatic carbocycles. The van der Waals surface area contributed by atoms with E-state index in [1.807, 2.05) is 30.5 Å². The number of hydrogen-bond donors (Lipinski definition) is 1. The number of aliphatic hydroxyl groups excluding tert-OH is 1. The molecule has 5 aromatic rings. The lowest BCUT2D eigenvalue weighted by molar-refractivity contribution is -0.0562. The maximum absolute atomic E-state index is 11.7. The summed E-state index contributed by atoms with van der Waals surface area (Å²) >= 11 is 6.45. The molecule has 0 spiro atoms. The lowest BCUT2D eigenvalue weighted by atomic mass is 9.66. The van der Waals surface area contributed by atoms with E-state index in [9.17, 15) is 5.11 Å². The summed E-state index contributed by atoms with van der Waals surface area (Å²) in [5, 5.41) is 17.7. The number of para-hydroxylation sites is 1. The molecule has 3 nitrogen and oxygen atoms in total. The fourth-order valence-electron chi connectivity index (χ4n) is 7.28. The van der Waals surface area contributed by atoms with Crippen LogP contribution < -0.4 is 0 Å². The second-order valence-corrected chi connectivity index (χ2v) is 11.2. The van der Waals surface area contributed by atoms with Gasteiger partial charge in [-0.15, -0.1) is 18.2 Å². The van der Waals surface area contributed by atoms with Crippen molar-refractivity contribution in [3.05, 3.63) is 114 Å². The van der Waals surface area contributed by atoms with Crippen molar-refractivity contribution in [3.8, 4) is 0 Å². The van der Waals surface area contributed by atoms with Gasteiger partial charge in [0.15, 0.2) is 0 Å². The second-order valence-electron chi connectivity index (χ2n) is 11.0. The summed E-state index contributed by atoms with van der Waals surface area (Å²) in [6.45, 7) is 6.09. The zero-order valence-electron chi connectivity index (χ0n) is 21.3. The van der Waals surface area contributed by atoms with Gasteiger partial charge in [0.1, 0.15) is 0 Å². The number of aliphatic hydroxyl groups is 1. The third-order valence-electron chi connectivity index (χ3n) is 9.15. The molecule has 1 N–H and O–H groups in total. The molecule has 6 atom stereocenters. The largest absolute Gasteiger partial charge is 0.387 e. The van der Waals surface area contributed by atoms with Crippen molar-refractivity contribution in [2.45, 2.75) is 30.4 Å². The highest BCUT2D eigenvalue weighted by atomic mass is 35.5. The van der Waals surface area contributed by atoms with Gasteiger partial charge in [-0.25, -0.2) is 0 Å². The molecule has 6 unspecified atom stereocenters. The minimum Gasteiger partial charge on any atom is -0.387 e. The molecule has 0 aliphatic carbocycles. The Hall–Kier alpha value is -3.24. The first-order valence-electron chi connectivity index (χ1n) is 13.5.